The van der Waals surface area contributed by atoms with Gasteiger partial charge in [0.1, 0.15) is 0 Å². The minimum absolute atomic E-state index is 0.00988. The fourth-order valence-electron chi connectivity index (χ4n) is 6.83. The van der Waals surface area contributed by atoms with E-state index in [9.17, 15) is 9.59 Å². The largest absolute Gasteiger partial charge is 0.294 e. The van der Waals surface area contributed by atoms with Crippen LogP contribution >= 0.6 is 11.6 Å². The summed E-state index contributed by atoms with van der Waals surface area (Å²) in [6.07, 6.45) is 11.4. The molecule has 0 N–H and O–H groups in total. The van der Waals surface area contributed by atoms with Crippen molar-refractivity contribution in [2.24, 2.45) is 34.5 Å². The SMILES string of the molecule is C[C@@]12CCC[C@H]1[C@@H]1CCC3=CC(=O)C(C(=O)Cl)C[C@]3(C)[C@@H]1CC2. The molecule has 4 aliphatic rings. The van der Waals surface area contributed by atoms with Gasteiger partial charge in [0.2, 0.25) is 5.24 Å². The molecule has 1 unspecified atom stereocenters. The molecule has 0 bridgehead atoms. The van der Waals surface area contributed by atoms with E-state index in [2.05, 4.69) is 13.8 Å². The van der Waals surface area contributed by atoms with Gasteiger partial charge in [0.15, 0.2) is 5.78 Å². The van der Waals surface area contributed by atoms with Crippen LogP contribution < -0.4 is 0 Å². The van der Waals surface area contributed by atoms with Crippen LogP contribution in [0.4, 0.5) is 0 Å². The van der Waals surface area contributed by atoms with Crippen LogP contribution in [0.3, 0.4) is 0 Å². The predicted molar refractivity (Wildman–Crippen MR) is 91.1 cm³/mol. The molecule has 0 aromatic rings. The smallest absolute Gasteiger partial charge is 0.232 e. The molecule has 2 nitrogen and oxygen atoms in total. The maximum atomic E-state index is 12.2. The maximum Gasteiger partial charge on any atom is 0.232 e. The molecule has 0 spiro atoms. The number of allylic oxidation sites excluding steroid dienone is 1. The molecule has 0 aromatic heterocycles. The van der Waals surface area contributed by atoms with Gasteiger partial charge in [-0.3, -0.25) is 9.59 Å². The fourth-order valence-corrected chi connectivity index (χ4v) is 7.01. The Kier molecular flexibility index (Phi) is 3.58. The summed E-state index contributed by atoms with van der Waals surface area (Å²) in [7, 11) is 0. The number of hydrogen-bond acceptors (Lipinski definition) is 2. The van der Waals surface area contributed by atoms with Gasteiger partial charge >= 0.3 is 0 Å². The minimum atomic E-state index is -0.610. The van der Waals surface area contributed by atoms with Gasteiger partial charge in [0, 0.05) is 0 Å². The first-order chi connectivity index (χ1) is 10.8. The molecule has 6 atom stereocenters. The Morgan fingerprint density at radius 2 is 1.96 bits per heavy atom. The van der Waals surface area contributed by atoms with Gasteiger partial charge in [-0.25, -0.2) is 0 Å². The highest BCUT2D eigenvalue weighted by Crippen LogP contribution is 2.65. The Morgan fingerprint density at radius 1 is 1.17 bits per heavy atom. The summed E-state index contributed by atoms with van der Waals surface area (Å²) >= 11 is 5.74. The Bertz CT molecular complexity index is 594. The lowest BCUT2D eigenvalue weighted by Crippen LogP contribution is -2.51. The van der Waals surface area contributed by atoms with Gasteiger partial charge in [-0.05, 0) is 91.2 Å². The van der Waals surface area contributed by atoms with Gasteiger partial charge in [0.25, 0.3) is 0 Å². The van der Waals surface area contributed by atoms with Crippen molar-refractivity contribution in [1.29, 1.82) is 0 Å². The van der Waals surface area contributed by atoms with Gasteiger partial charge < -0.3 is 0 Å². The lowest BCUT2D eigenvalue weighted by molar-refractivity contribution is -0.130. The third-order valence-electron chi connectivity index (χ3n) is 8.08. The highest BCUT2D eigenvalue weighted by molar-refractivity contribution is 6.65. The second kappa shape index (κ2) is 5.18. The average Bonchev–Trinajstić information content (AvgIpc) is 2.89. The van der Waals surface area contributed by atoms with Crippen LogP contribution in [0, 0.1) is 34.5 Å². The Labute approximate surface area is 144 Å². The molecular formula is C20H27ClO2. The van der Waals surface area contributed by atoms with Crippen LogP contribution in [-0.4, -0.2) is 11.0 Å². The van der Waals surface area contributed by atoms with Gasteiger partial charge in [-0.2, -0.15) is 0 Å². The zero-order chi connectivity index (χ0) is 16.4. The van der Waals surface area contributed by atoms with Gasteiger partial charge in [-0.1, -0.05) is 25.8 Å². The number of ketones is 1. The van der Waals surface area contributed by atoms with Crippen LogP contribution in [0.15, 0.2) is 11.6 Å². The topological polar surface area (TPSA) is 34.1 Å². The maximum absolute atomic E-state index is 12.2. The monoisotopic (exact) mass is 334 g/mol. The van der Waals surface area contributed by atoms with Crippen LogP contribution in [0.5, 0.6) is 0 Å². The van der Waals surface area contributed by atoms with E-state index in [1.165, 1.54) is 44.1 Å². The summed E-state index contributed by atoms with van der Waals surface area (Å²) in [6, 6.07) is 0. The third kappa shape index (κ3) is 2.20. The van der Waals surface area contributed by atoms with Crippen LogP contribution in [0.1, 0.15) is 65.2 Å². The molecule has 3 fully saturated rings. The van der Waals surface area contributed by atoms with Crippen molar-refractivity contribution >= 4 is 22.6 Å². The Balaban J connectivity index is 1.70. The molecule has 3 saturated carbocycles. The van der Waals surface area contributed by atoms with E-state index in [0.717, 1.165) is 18.3 Å². The normalized spacial score (nSPS) is 49.0. The van der Waals surface area contributed by atoms with E-state index in [0.29, 0.717) is 17.8 Å². The molecule has 4 aliphatic carbocycles. The predicted octanol–water partition coefficient (Wildman–Crippen LogP) is 4.90. The van der Waals surface area contributed by atoms with E-state index < -0.39 is 11.2 Å². The molecule has 3 heteroatoms. The first-order valence-corrected chi connectivity index (χ1v) is 9.67. The van der Waals surface area contributed by atoms with E-state index in [1.54, 1.807) is 6.08 Å². The molecule has 4 rings (SSSR count). The summed E-state index contributed by atoms with van der Waals surface area (Å²) < 4.78 is 0. The standard InChI is InChI=1S/C20H27ClO2/c1-19-8-3-4-15(19)13-6-5-12-10-17(22)14(18(21)23)11-20(12,2)16(13)7-9-19/h10,13-16H,3-9,11H2,1-2H3/t13-,14?,15-,16+,19-,20-/m0/s1. The van der Waals surface area contributed by atoms with Crippen molar-refractivity contribution < 1.29 is 9.59 Å². The number of rotatable bonds is 1. The lowest BCUT2D eigenvalue weighted by atomic mass is 9.47. The number of fused-ring (bicyclic) bond motifs is 5. The summed E-state index contributed by atoms with van der Waals surface area (Å²) in [5.74, 6) is 1.59. The molecule has 0 radical (unpaired) electrons. The fraction of sp³-hybridized carbons (Fsp3) is 0.800. The third-order valence-corrected chi connectivity index (χ3v) is 8.34. The minimum Gasteiger partial charge on any atom is -0.294 e. The van der Waals surface area contributed by atoms with Crippen molar-refractivity contribution in [3.63, 3.8) is 0 Å². The number of carbonyl (C=O) groups is 2. The van der Waals surface area contributed by atoms with Crippen molar-refractivity contribution in [2.75, 3.05) is 0 Å². The molecule has 0 saturated heterocycles. The summed E-state index contributed by atoms with van der Waals surface area (Å²) in [4.78, 5) is 24.0. The average molecular weight is 335 g/mol. The zero-order valence-electron chi connectivity index (χ0n) is 14.2. The first kappa shape index (κ1) is 15.9. The second-order valence-electron chi connectivity index (χ2n) is 9.05. The number of hydrogen-bond donors (Lipinski definition) is 0. The molecule has 126 valence electrons. The molecular weight excluding hydrogens is 308 g/mol. The molecule has 0 aromatic carbocycles. The summed E-state index contributed by atoms with van der Waals surface area (Å²) in [5.41, 5.74) is 1.86. The summed E-state index contributed by atoms with van der Waals surface area (Å²) in [6.45, 7) is 4.82. The number of carbonyl (C=O) groups excluding carboxylic acids is 2. The quantitative estimate of drug-likeness (QED) is 0.505. The van der Waals surface area contributed by atoms with Crippen LogP contribution in [0.2, 0.25) is 0 Å². The Hall–Kier alpha value is -0.630. The second-order valence-corrected chi connectivity index (χ2v) is 9.42. The number of halogens is 1. The highest BCUT2D eigenvalue weighted by Gasteiger charge is 2.57. The van der Waals surface area contributed by atoms with Crippen LogP contribution in [0.25, 0.3) is 0 Å². The van der Waals surface area contributed by atoms with E-state index in [1.807, 2.05) is 0 Å². The molecule has 0 aliphatic heterocycles. The van der Waals surface area contributed by atoms with E-state index in [4.69, 9.17) is 11.6 Å². The molecule has 0 amide bonds. The highest BCUT2D eigenvalue weighted by atomic mass is 35.5. The van der Waals surface area contributed by atoms with Gasteiger partial charge in [0.05, 0.1) is 5.92 Å². The Morgan fingerprint density at radius 3 is 2.70 bits per heavy atom. The van der Waals surface area contributed by atoms with Crippen LogP contribution in [-0.2, 0) is 9.59 Å². The first-order valence-electron chi connectivity index (χ1n) is 9.29. The molecule has 23 heavy (non-hydrogen) atoms. The van der Waals surface area contributed by atoms with Crippen molar-refractivity contribution in [3.05, 3.63) is 11.6 Å². The van der Waals surface area contributed by atoms with Crippen molar-refractivity contribution in [1.82, 2.24) is 0 Å². The molecule has 0 heterocycles. The van der Waals surface area contributed by atoms with Crippen molar-refractivity contribution in [2.45, 2.75) is 65.2 Å². The zero-order valence-corrected chi connectivity index (χ0v) is 15.0. The summed E-state index contributed by atoms with van der Waals surface area (Å²) in [5, 5.41) is -0.463. The van der Waals surface area contributed by atoms with E-state index in [-0.39, 0.29) is 11.2 Å². The van der Waals surface area contributed by atoms with Gasteiger partial charge in [-0.15, -0.1) is 0 Å². The van der Waals surface area contributed by atoms with E-state index >= 15 is 0 Å². The lowest BCUT2D eigenvalue weighted by Gasteiger charge is -2.57. The van der Waals surface area contributed by atoms with Crippen molar-refractivity contribution in [3.8, 4) is 0 Å².